The maximum atomic E-state index is 13.9. The molecule has 0 aliphatic heterocycles. The number of aromatic amines is 1. The minimum atomic E-state index is -0.203. The van der Waals surface area contributed by atoms with Crippen LogP contribution < -0.4 is 0 Å². The smallest absolute Gasteiger partial charge is 0.123 e. The molecule has 6 heteroatoms. The molecule has 2 aromatic carbocycles. The van der Waals surface area contributed by atoms with Gasteiger partial charge in [0.05, 0.1) is 6.04 Å². The summed E-state index contributed by atoms with van der Waals surface area (Å²) in [7, 11) is 0. The van der Waals surface area contributed by atoms with Crippen LogP contribution in [-0.2, 0) is 13.0 Å². The summed E-state index contributed by atoms with van der Waals surface area (Å²) in [4.78, 5) is 10.3. The monoisotopic (exact) mass is 459 g/mol. The number of H-pyrrole nitrogens is 1. The molecule has 0 spiro atoms. The summed E-state index contributed by atoms with van der Waals surface area (Å²) >= 11 is 12.6. The van der Waals surface area contributed by atoms with Crippen LogP contribution in [0.15, 0.2) is 54.9 Å². The van der Waals surface area contributed by atoms with Crippen LogP contribution in [0.1, 0.15) is 55.1 Å². The van der Waals surface area contributed by atoms with E-state index in [1.807, 2.05) is 24.4 Å². The van der Waals surface area contributed by atoms with Crippen LogP contribution in [0.25, 0.3) is 0 Å². The van der Waals surface area contributed by atoms with Crippen molar-refractivity contribution in [2.75, 3.05) is 6.54 Å². The lowest BCUT2D eigenvalue weighted by molar-refractivity contribution is 0.134. The number of halogens is 3. The molecule has 1 atom stereocenters. The van der Waals surface area contributed by atoms with E-state index in [4.69, 9.17) is 23.2 Å². The number of benzene rings is 2. The highest BCUT2D eigenvalue weighted by Gasteiger charge is 2.27. The molecule has 0 saturated heterocycles. The lowest BCUT2D eigenvalue weighted by Crippen LogP contribution is -2.35. The van der Waals surface area contributed by atoms with Gasteiger partial charge in [-0.3, -0.25) is 4.90 Å². The highest BCUT2D eigenvalue weighted by molar-refractivity contribution is 6.34. The number of imidazole rings is 1. The second-order valence-electron chi connectivity index (χ2n) is 8.54. The first-order valence-corrected chi connectivity index (χ1v) is 11.7. The first-order valence-electron chi connectivity index (χ1n) is 11.0. The van der Waals surface area contributed by atoms with Crippen LogP contribution in [0.2, 0.25) is 10.0 Å². The number of hydrogen-bond acceptors (Lipinski definition) is 2. The van der Waals surface area contributed by atoms with Crippen molar-refractivity contribution >= 4 is 23.2 Å². The third kappa shape index (κ3) is 6.31. The molecule has 31 heavy (non-hydrogen) atoms. The van der Waals surface area contributed by atoms with E-state index in [0.29, 0.717) is 22.5 Å². The lowest BCUT2D eigenvalue weighted by Gasteiger charge is -2.35. The number of aromatic nitrogens is 2. The van der Waals surface area contributed by atoms with Crippen molar-refractivity contribution in [1.82, 2.24) is 14.9 Å². The second-order valence-corrected chi connectivity index (χ2v) is 9.41. The molecule has 0 radical (unpaired) electrons. The van der Waals surface area contributed by atoms with Crippen molar-refractivity contribution in [2.45, 2.75) is 51.1 Å². The zero-order valence-corrected chi connectivity index (χ0v) is 19.0. The van der Waals surface area contributed by atoms with E-state index >= 15 is 0 Å². The summed E-state index contributed by atoms with van der Waals surface area (Å²) in [5.41, 5.74) is 2.03. The predicted molar refractivity (Wildman–Crippen MR) is 125 cm³/mol. The van der Waals surface area contributed by atoms with Gasteiger partial charge in [0.15, 0.2) is 0 Å². The third-order valence-electron chi connectivity index (χ3n) is 6.12. The SMILES string of the molecule is Fc1cccc(CN(CC2CCCCC2)C(Cc2cc(Cl)cc(Cl)c2)c2ncc[nH]2)c1. The summed E-state index contributed by atoms with van der Waals surface area (Å²) < 4.78 is 13.9. The normalized spacial score (nSPS) is 16.0. The fourth-order valence-electron chi connectivity index (χ4n) is 4.68. The van der Waals surface area contributed by atoms with Crippen LogP contribution >= 0.6 is 23.2 Å². The zero-order chi connectivity index (χ0) is 21.6. The number of nitrogens with one attached hydrogen (secondary N) is 1. The van der Waals surface area contributed by atoms with Gasteiger partial charge in [0.25, 0.3) is 0 Å². The molecular weight excluding hydrogens is 432 g/mol. The van der Waals surface area contributed by atoms with Gasteiger partial charge in [-0.05, 0) is 66.6 Å². The topological polar surface area (TPSA) is 31.9 Å². The van der Waals surface area contributed by atoms with Crippen molar-refractivity contribution < 1.29 is 4.39 Å². The summed E-state index contributed by atoms with van der Waals surface area (Å²) in [6.07, 6.45) is 10.7. The molecule has 1 N–H and O–H groups in total. The van der Waals surface area contributed by atoms with E-state index in [0.717, 1.165) is 29.9 Å². The summed E-state index contributed by atoms with van der Waals surface area (Å²) in [5, 5.41) is 1.26. The van der Waals surface area contributed by atoms with Crippen molar-refractivity contribution in [1.29, 1.82) is 0 Å². The predicted octanol–water partition coefficient (Wildman–Crippen LogP) is 7.22. The van der Waals surface area contributed by atoms with Crippen molar-refractivity contribution in [2.24, 2.45) is 5.92 Å². The van der Waals surface area contributed by atoms with Gasteiger partial charge in [0.2, 0.25) is 0 Å². The van der Waals surface area contributed by atoms with E-state index in [1.54, 1.807) is 24.4 Å². The Kier molecular flexibility index (Phi) is 7.65. The largest absolute Gasteiger partial charge is 0.347 e. The molecule has 0 amide bonds. The van der Waals surface area contributed by atoms with E-state index in [1.165, 1.54) is 38.2 Å². The average Bonchev–Trinajstić information content (AvgIpc) is 3.26. The maximum absolute atomic E-state index is 13.9. The van der Waals surface area contributed by atoms with E-state index < -0.39 is 0 Å². The average molecular weight is 460 g/mol. The first-order chi connectivity index (χ1) is 15.1. The summed E-state index contributed by atoms with van der Waals surface area (Å²) in [5.74, 6) is 1.34. The van der Waals surface area contributed by atoms with E-state index in [-0.39, 0.29) is 11.9 Å². The van der Waals surface area contributed by atoms with Gasteiger partial charge in [-0.15, -0.1) is 0 Å². The molecule has 1 heterocycles. The molecule has 1 unspecified atom stereocenters. The highest BCUT2D eigenvalue weighted by atomic mass is 35.5. The standard InChI is InChI=1S/C25H28Cl2FN3/c26-21-11-20(12-22(27)15-21)14-24(25-29-9-10-30-25)31(16-18-5-2-1-3-6-18)17-19-7-4-8-23(28)13-19/h4,7-13,15,18,24H,1-3,5-6,14,16-17H2,(H,29,30). The van der Waals surface area contributed by atoms with Crippen LogP contribution in [0.5, 0.6) is 0 Å². The van der Waals surface area contributed by atoms with Gasteiger partial charge in [-0.25, -0.2) is 9.37 Å². The second kappa shape index (κ2) is 10.6. The lowest BCUT2D eigenvalue weighted by atomic mass is 9.88. The summed E-state index contributed by atoms with van der Waals surface area (Å²) in [6.45, 7) is 1.62. The molecule has 1 aliphatic carbocycles. The third-order valence-corrected chi connectivity index (χ3v) is 6.56. The fraction of sp³-hybridized carbons (Fsp3) is 0.400. The Labute approximate surface area is 193 Å². The fourth-order valence-corrected chi connectivity index (χ4v) is 5.25. The Morgan fingerprint density at radius 3 is 2.48 bits per heavy atom. The molecule has 1 fully saturated rings. The molecule has 1 aliphatic rings. The Balaban J connectivity index is 1.65. The Morgan fingerprint density at radius 2 is 1.81 bits per heavy atom. The van der Waals surface area contributed by atoms with E-state index in [9.17, 15) is 4.39 Å². The molecule has 164 valence electrons. The first kappa shape index (κ1) is 22.3. The van der Waals surface area contributed by atoms with Crippen molar-refractivity contribution in [3.8, 4) is 0 Å². The van der Waals surface area contributed by atoms with Crippen LogP contribution in [0.3, 0.4) is 0 Å². The summed E-state index contributed by atoms with van der Waals surface area (Å²) in [6, 6.07) is 12.6. The van der Waals surface area contributed by atoms with Crippen LogP contribution in [-0.4, -0.2) is 21.4 Å². The molecule has 3 nitrogen and oxygen atoms in total. The molecular formula is C25H28Cl2FN3. The molecule has 0 bridgehead atoms. The van der Waals surface area contributed by atoms with Gasteiger partial charge in [0.1, 0.15) is 11.6 Å². The Bertz CT molecular complexity index is 950. The molecule has 1 saturated carbocycles. The highest BCUT2D eigenvalue weighted by Crippen LogP contribution is 2.32. The maximum Gasteiger partial charge on any atom is 0.123 e. The molecule has 1 aromatic heterocycles. The number of nitrogens with zero attached hydrogens (tertiary/aromatic N) is 2. The van der Waals surface area contributed by atoms with Gasteiger partial charge in [-0.2, -0.15) is 0 Å². The minimum Gasteiger partial charge on any atom is -0.347 e. The quantitative estimate of drug-likeness (QED) is 0.385. The molecule has 3 aromatic rings. The minimum absolute atomic E-state index is 0.00901. The molecule has 4 rings (SSSR count). The Hall–Kier alpha value is -1.88. The van der Waals surface area contributed by atoms with Crippen LogP contribution in [0.4, 0.5) is 4.39 Å². The van der Waals surface area contributed by atoms with Gasteiger partial charge >= 0.3 is 0 Å². The zero-order valence-electron chi connectivity index (χ0n) is 17.5. The van der Waals surface area contributed by atoms with E-state index in [2.05, 4.69) is 14.9 Å². The van der Waals surface area contributed by atoms with Gasteiger partial charge < -0.3 is 4.98 Å². The van der Waals surface area contributed by atoms with Gasteiger partial charge in [0, 0.05) is 35.5 Å². The Morgan fingerprint density at radius 1 is 1.03 bits per heavy atom. The van der Waals surface area contributed by atoms with Crippen molar-refractivity contribution in [3.05, 3.63) is 87.7 Å². The van der Waals surface area contributed by atoms with Gasteiger partial charge in [-0.1, -0.05) is 54.6 Å². The van der Waals surface area contributed by atoms with Crippen molar-refractivity contribution in [3.63, 3.8) is 0 Å². The number of rotatable bonds is 8. The van der Waals surface area contributed by atoms with Crippen LogP contribution in [0, 0.1) is 11.7 Å². The number of hydrogen-bond donors (Lipinski definition) is 1.